The van der Waals surface area contributed by atoms with Crippen molar-refractivity contribution in [2.75, 3.05) is 32.1 Å². The smallest absolute Gasteiger partial charge is 0.410 e. The zero-order chi connectivity index (χ0) is 22.0. The Hall–Kier alpha value is -3.53. The summed E-state index contributed by atoms with van der Waals surface area (Å²) in [6.07, 6.45) is 1.43. The molecule has 1 aliphatic rings. The summed E-state index contributed by atoms with van der Waals surface area (Å²) < 4.78 is 38.6. The van der Waals surface area contributed by atoms with Crippen LogP contribution in [0.15, 0.2) is 36.7 Å². The number of para-hydroxylation sites is 1. The van der Waals surface area contributed by atoms with Gasteiger partial charge in [-0.15, -0.1) is 0 Å². The van der Waals surface area contributed by atoms with Gasteiger partial charge in [-0.1, -0.05) is 6.07 Å². The van der Waals surface area contributed by atoms with E-state index in [4.69, 9.17) is 15.2 Å². The third-order valence-corrected chi connectivity index (χ3v) is 5.17. The Kier molecular flexibility index (Phi) is 5.81. The number of carbonyl (C=O) groups is 1. The highest BCUT2D eigenvalue weighted by molar-refractivity contribution is 5.94. The number of hydrogen-bond donors (Lipinski definition) is 2. The lowest BCUT2D eigenvalue weighted by atomic mass is 10.0. The molecule has 1 atom stereocenters. The molecule has 3 aromatic rings. The highest BCUT2D eigenvalue weighted by Crippen LogP contribution is 2.32. The molecule has 0 bridgehead atoms. The summed E-state index contributed by atoms with van der Waals surface area (Å²) in [6, 6.07) is 7.03. The molecular weight excluding hydrogens is 408 g/mol. The molecule has 0 unspecified atom stereocenters. The zero-order valence-corrected chi connectivity index (χ0v) is 16.8. The number of nitrogens with two attached hydrogens (primary N) is 1. The van der Waals surface area contributed by atoms with Gasteiger partial charge in [0, 0.05) is 11.9 Å². The van der Waals surface area contributed by atoms with Gasteiger partial charge in [0.15, 0.2) is 23.1 Å². The summed E-state index contributed by atoms with van der Waals surface area (Å²) >= 11 is 0. The van der Waals surface area contributed by atoms with Gasteiger partial charge in [-0.25, -0.2) is 23.5 Å². The summed E-state index contributed by atoms with van der Waals surface area (Å²) in [7, 11) is 1.22. The van der Waals surface area contributed by atoms with Gasteiger partial charge in [-0.2, -0.15) is 0 Å². The predicted octanol–water partition coefficient (Wildman–Crippen LogP) is 3.23. The number of fused-ring (bicyclic) bond motifs is 1. The largest absolute Gasteiger partial charge is 0.491 e. The van der Waals surface area contributed by atoms with E-state index < -0.39 is 29.5 Å². The van der Waals surface area contributed by atoms with Crippen molar-refractivity contribution in [1.29, 1.82) is 0 Å². The molecule has 8 nitrogen and oxygen atoms in total. The molecule has 0 aliphatic carbocycles. The van der Waals surface area contributed by atoms with E-state index in [1.807, 2.05) is 0 Å². The number of halogens is 2. The van der Waals surface area contributed by atoms with Crippen LogP contribution in [-0.4, -0.2) is 47.7 Å². The van der Waals surface area contributed by atoms with Crippen molar-refractivity contribution < 1.29 is 23.0 Å². The maximum Gasteiger partial charge on any atom is 0.410 e. The summed E-state index contributed by atoms with van der Waals surface area (Å²) in [4.78, 5) is 21.8. The Labute approximate surface area is 177 Å². The quantitative estimate of drug-likeness (QED) is 0.594. The molecule has 31 heavy (non-hydrogen) atoms. The molecule has 1 aromatic heterocycles. The van der Waals surface area contributed by atoms with Crippen molar-refractivity contribution in [3.05, 3.63) is 53.9 Å². The fourth-order valence-corrected chi connectivity index (χ4v) is 3.56. The van der Waals surface area contributed by atoms with Crippen molar-refractivity contribution in [2.24, 2.45) is 5.73 Å². The maximum absolute atomic E-state index is 14.4. The molecule has 2 heterocycles. The molecule has 0 saturated carbocycles. The summed E-state index contributed by atoms with van der Waals surface area (Å²) in [6.45, 7) is 2.33. The second-order valence-electron chi connectivity index (χ2n) is 7.16. The standard InChI is InChI=1S/C21H21F2N5O3/c1-30-19-14(22)8-12(9-15(19)23)16(10-28-6-3-7-28)27-20-13-4-2-5-17(31-21(24)29)18(13)25-11-26-20/h2,4-5,8-9,11,16H,3,6-7,10H2,1H3,(H2,24,29)(H,25,26,27)/t16-/m1/s1. The topological polar surface area (TPSA) is 103 Å². The van der Waals surface area contributed by atoms with E-state index in [1.54, 1.807) is 18.2 Å². The van der Waals surface area contributed by atoms with Crippen LogP contribution in [0.1, 0.15) is 18.0 Å². The van der Waals surface area contributed by atoms with Crippen LogP contribution < -0.4 is 20.5 Å². The number of likely N-dealkylation sites (tertiary alicyclic amines) is 1. The van der Waals surface area contributed by atoms with E-state index in [0.717, 1.165) is 19.5 Å². The minimum atomic E-state index is -0.958. The lowest BCUT2D eigenvalue weighted by Gasteiger charge is -2.35. The molecule has 162 valence electrons. The highest BCUT2D eigenvalue weighted by atomic mass is 19.1. The number of nitrogens with one attached hydrogen (secondary N) is 1. The van der Waals surface area contributed by atoms with Crippen LogP contribution >= 0.6 is 0 Å². The number of ether oxygens (including phenoxy) is 2. The van der Waals surface area contributed by atoms with Gasteiger partial charge in [0.05, 0.1) is 13.2 Å². The van der Waals surface area contributed by atoms with Gasteiger partial charge in [0.1, 0.15) is 17.7 Å². The van der Waals surface area contributed by atoms with Gasteiger partial charge in [-0.3, -0.25) is 0 Å². The molecule has 1 aliphatic heterocycles. The molecule has 2 aromatic carbocycles. The minimum Gasteiger partial charge on any atom is -0.491 e. The zero-order valence-electron chi connectivity index (χ0n) is 16.8. The van der Waals surface area contributed by atoms with Gasteiger partial charge >= 0.3 is 6.09 Å². The lowest BCUT2D eigenvalue weighted by molar-refractivity contribution is 0.174. The van der Waals surface area contributed by atoms with E-state index in [-0.39, 0.29) is 5.75 Å². The summed E-state index contributed by atoms with van der Waals surface area (Å²) in [5.41, 5.74) is 5.93. The first-order valence-corrected chi connectivity index (χ1v) is 9.69. The van der Waals surface area contributed by atoms with Gasteiger partial charge in [-0.05, 0) is 49.3 Å². The van der Waals surface area contributed by atoms with Crippen molar-refractivity contribution in [1.82, 2.24) is 14.9 Å². The summed E-state index contributed by atoms with van der Waals surface area (Å²) in [5.74, 6) is -1.36. The normalized spacial score (nSPS) is 14.7. The Morgan fingerprint density at radius 2 is 2.00 bits per heavy atom. The number of aromatic nitrogens is 2. The van der Waals surface area contributed by atoms with Crippen LogP contribution in [0.25, 0.3) is 10.9 Å². The van der Waals surface area contributed by atoms with Gasteiger partial charge in [0.2, 0.25) is 0 Å². The van der Waals surface area contributed by atoms with E-state index in [2.05, 4.69) is 20.2 Å². The molecule has 3 N–H and O–H groups in total. The number of hydrogen-bond acceptors (Lipinski definition) is 7. The van der Waals surface area contributed by atoms with Crippen LogP contribution in [0.4, 0.5) is 19.4 Å². The number of benzene rings is 2. The van der Waals surface area contributed by atoms with Gasteiger partial charge < -0.3 is 25.4 Å². The van der Waals surface area contributed by atoms with Crippen molar-refractivity contribution in [3.63, 3.8) is 0 Å². The minimum absolute atomic E-state index is 0.191. The Morgan fingerprint density at radius 1 is 1.26 bits per heavy atom. The molecular formula is C21H21F2N5O3. The number of primary amides is 1. The van der Waals surface area contributed by atoms with Crippen molar-refractivity contribution in [2.45, 2.75) is 12.5 Å². The number of anilines is 1. The average Bonchev–Trinajstić information content (AvgIpc) is 2.69. The molecule has 0 radical (unpaired) electrons. The molecule has 1 amide bonds. The van der Waals surface area contributed by atoms with E-state index in [9.17, 15) is 13.6 Å². The molecule has 10 heteroatoms. The SMILES string of the molecule is COc1c(F)cc([C@@H](CN2CCC2)Nc2ncnc3c(OC(N)=O)cccc23)cc1F. The monoisotopic (exact) mass is 429 g/mol. The number of carbonyl (C=O) groups excluding carboxylic acids is 1. The maximum atomic E-state index is 14.4. The Balaban J connectivity index is 1.72. The predicted molar refractivity (Wildman–Crippen MR) is 110 cm³/mol. The van der Waals surface area contributed by atoms with E-state index in [0.29, 0.717) is 28.8 Å². The van der Waals surface area contributed by atoms with Crippen LogP contribution in [0.3, 0.4) is 0 Å². The first kappa shape index (κ1) is 20.7. The number of methoxy groups -OCH3 is 1. The number of rotatable bonds is 7. The van der Waals surface area contributed by atoms with E-state index >= 15 is 0 Å². The number of amides is 1. The Morgan fingerprint density at radius 3 is 2.61 bits per heavy atom. The summed E-state index contributed by atoms with van der Waals surface area (Å²) in [5, 5.41) is 3.84. The molecule has 4 rings (SSSR count). The van der Waals surface area contributed by atoms with Crippen LogP contribution in [0.5, 0.6) is 11.5 Å². The second-order valence-corrected chi connectivity index (χ2v) is 7.16. The fourth-order valence-electron chi connectivity index (χ4n) is 3.56. The van der Waals surface area contributed by atoms with Gasteiger partial charge in [0.25, 0.3) is 0 Å². The Bertz CT molecular complexity index is 1100. The first-order chi connectivity index (χ1) is 15.0. The average molecular weight is 429 g/mol. The third-order valence-electron chi connectivity index (χ3n) is 5.17. The first-order valence-electron chi connectivity index (χ1n) is 9.69. The van der Waals surface area contributed by atoms with Crippen LogP contribution in [-0.2, 0) is 0 Å². The van der Waals surface area contributed by atoms with E-state index in [1.165, 1.54) is 25.6 Å². The number of nitrogens with zero attached hydrogens (tertiary/aromatic N) is 3. The highest BCUT2D eigenvalue weighted by Gasteiger charge is 2.24. The van der Waals surface area contributed by atoms with Crippen LogP contribution in [0.2, 0.25) is 0 Å². The molecule has 1 saturated heterocycles. The van der Waals surface area contributed by atoms with Crippen LogP contribution in [0, 0.1) is 11.6 Å². The second kappa shape index (κ2) is 8.68. The van der Waals surface area contributed by atoms with Crippen molar-refractivity contribution >= 4 is 22.8 Å². The third kappa shape index (κ3) is 4.33. The van der Waals surface area contributed by atoms with Crippen molar-refractivity contribution in [3.8, 4) is 11.5 Å². The molecule has 1 fully saturated rings. The fraction of sp³-hybridized carbons (Fsp3) is 0.286. The molecule has 0 spiro atoms. The lowest BCUT2D eigenvalue weighted by Crippen LogP contribution is -2.41.